The van der Waals surface area contributed by atoms with E-state index in [9.17, 15) is 9.59 Å². The van der Waals surface area contributed by atoms with Crippen molar-refractivity contribution in [2.45, 2.75) is 26.3 Å². The fourth-order valence-electron chi connectivity index (χ4n) is 0.946. The summed E-state index contributed by atoms with van der Waals surface area (Å²) in [4.78, 5) is 21.4. The Kier molecular flexibility index (Phi) is 8.48. The minimum absolute atomic E-state index is 0. The van der Waals surface area contributed by atoms with Crippen molar-refractivity contribution >= 4 is 24.3 Å². The van der Waals surface area contributed by atoms with Crippen LogP contribution in [0, 0.1) is 5.92 Å². The van der Waals surface area contributed by atoms with Crippen LogP contribution in [0.3, 0.4) is 0 Å². The lowest BCUT2D eigenvalue weighted by Crippen LogP contribution is -2.44. The molecule has 0 aliphatic heterocycles. The topological polar surface area (TPSA) is 92.4 Å². The monoisotopic (exact) mass is 224 g/mol. The highest BCUT2D eigenvalue weighted by molar-refractivity contribution is 5.85. The standard InChI is InChI=1S/C8H16N2O3.ClH/c1-5(2)3-6(8(12)13)10-7(11)4-9;/h5-6H,3-4,9H2,1-2H3,(H,10,11)(H,12,13);1H. The summed E-state index contributed by atoms with van der Waals surface area (Å²) in [5.74, 6) is -1.23. The van der Waals surface area contributed by atoms with E-state index in [0.29, 0.717) is 6.42 Å². The van der Waals surface area contributed by atoms with E-state index in [-0.39, 0.29) is 24.9 Å². The fraction of sp³-hybridized carbons (Fsp3) is 0.750. The average molecular weight is 225 g/mol. The quantitative estimate of drug-likeness (QED) is 0.612. The zero-order valence-corrected chi connectivity index (χ0v) is 9.13. The maximum atomic E-state index is 10.8. The van der Waals surface area contributed by atoms with Crippen molar-refractivity contribution in [3.8, 4) is 0 Å². The van der Waals surface area contributed by atoms with Gasteiger partial charge in [0.05, 0.1) is 6.54 Å². The summed E-state index contributed by atoms with van der Waals surface area (Å²) < 4.78 is 0. The molecular formula is C8H17ClN2O3. The van der Waals surface area contributed by atoms with Gasteiger partial charge in [-0.25, -0.2) is 4.79 Å². The second-order valence-corrected chi connectivity index (χ2v) is 3.29. The minimum Gasteiger partial charge on any atom is -0.480 e. The van der Waals surface area contributed by atoms with Crippen LogP contribution in [0.25, 0.3) is 0 Å². The second kappa shape index (κ2) is 7.58. The molecule has 0 bridgehead atoms. The molecule has 0 aromatic carbocycles. The van der Waals surface area contributed by atoms with Gasteiger partial charge in [-0.3, -0.25) is 4.79 Å². The van der Waals surface area contributed by atoms with E-state index in [1.54, 1.807) is 0 Å². The minimum atomic E-state index is -1.02. The average Bonchev–Trinajstić information content (AvgIpc) is 2.02. The third-order valence-corrected chi connectivity index (χ3v) is 1.53. The van der Waals surface area contributed by atoms with Gasteiger partial charge in [0.15, 0.2) is 0 Å². The lowest BCUT2D eigenvalue weighted by Gasteiger charge is -2.15. The van der Waals surface area contributed by atoms with Gasteiger partial charge in [-0.2, -0.15) is 0 Å². The molecular weight excluding hydrogens is 208 g/mol. The van der Waals surface area contributed by atoms with Gasteiger partial charge >= 0.3 is 5.97 Å². The molecule has 5 nitrogen and oxygen atoms in total. The summed E-state index contributed by atoms with van der Waals surface area (Å²) in [6.45, 7) is 3.61. The van der Waals surface area contributed by atoms with Crippen molar-refractivity contribution in [1.29, 1.82) is 0 Å². The molecule has 0 aliphatic rings. The smallest absolute Gasteiger partial charge is 0.326 e. The third-order valence-electron chi connectivity index (χ3n) is 1.53. The number of nitrogens with one attached hydrogen (secondary N) is 1. The van der Waals surface area contributed by atoms with E-state index in [4.69, 9.17) is 10.8 Å². The van der Waals surface area contributed by atoms with Crippen molar-refractivity contribution in [1.82, 2.24) is 5.32 Å². The lowest BCUT2D eigenvalue weighted by molar-refractivity contribution is -0.142. The maximum Gasteiger partial charge on any atom is 0.326 e. The molecule has 1 unspecified atom stereocenters. The third kappa shape index (κ3) is 6.68. The first-order valence-corrected chi connectivity index (χ1v) is 4.19. The van der Waals surface area contributed by atoms with Crippen molar-refractivity contribution in [3.05, 3.63) is 0 Å². The van der Waals surface area contributed by atoms with Crippen molar-refractivity contribution < 1.29 is 14.7 Å². The SMILES string of the molecule is CC(C)CC(NC(=O)CN)C(=O)O.Cl. The van der Waals surface area contributed by atoms with Crippen LogP contribution < -0.4 is 11.1 Å². The van der Waals surface area contributed by atoms with Crippen LogP contribution in [0.4, 0.5) is 0 Å². The normalized spacial score (nSPS) is 11.7. The molecule has 0 fully saturated rings. The van der Waals surface area contributed by atoms with Gasteiger partial charge in [0, 0.05) is 0 Å². The summed E-state index contributed by atoms with van der Waals surface area (Å²) in [6.07, 6.45) is 0.418. The van der Waals surface area contributed by atoms with Crippen molar-refractivity contribution in [2.24, 2.45) is 11.7 Å². The van der Waals surface area contributed by atoms with Crippen LogP contribution in [0.1, 0.15) is 20.3 Å². The molecule has 0 heterocycles. The van der Waals surface area contributed by atoms with Gasteiger partial charge in [-0.05, 0) is 12.3 Å². The Bertz CT molecular complexity index is 197. The summed E-state index contributed by atoms with van der Waals surface area (Å²) in [6, 6.07) is -0.823. The highest BCUT2D eigenvalue weighted by Gasteiger charge is 2.19. The second-order valence-electron chi connectivity index (χ2n) is 3.29. The molecule has 1 amide bonds. The molecule has 0 radical (unpaired) electrons. The molecule has 0 aliphatic carbocycles. The zero-order valence-electron chi connectivity index (χ0n) is 8.32. The molecule has 4 N–H and O–H groups in total. The Labute approximate surface area is 89.5 Å². The number of carboxylic acids is 1. The number of halogens is 1. The molecule has 0 aromatic rings. The summed E-state index contributed by atoms with van der Waals surface area (Å²) in [5, 5.41) is 11.0. The number of carbonyl (C=O) groups excluding carboxylic acids is 1. The number of aliphatic carboxylic acids is 1. The van der Waals surface area contributed by atoms with Crippen LogP contribution in [0.5, 0.6) is 0 Å². The fourth-order valence-corrected chi connectivity index (χ4v) is 0.946. The lowest BCUT2D eigenvalue weighted by atomic mass is 10.0. The van der Waals surface area contributed by atoms with E-state index >= 15 is 0 Å². The zero-order chi connectivity index (χ0) is 10.4. The van der Waals surface area contributed by atoms with Gasteiger partial charge in [-0.15, -0.1) is 12.4 Å². The first-order valence-electron chi connectivity index (χ1n) is 4.19. The number of hydrogen-bond acceptors (Lipinski definition) is 3. The van der Waals surface area contributed by atoms with E-state index in [0.717, 1.165) is 0 Å². The summed E-state index contributed by atoms with van der Waals surface area (Å²) in [5.41, 5.74) is 5.05. The summed E-state index contributed by atoms with van der Waals surface area (Å²) in [7, 11) is 0. The molecule has 0 saturated heterocycles. The number of rotatable bonds is 5. The van der Waals surface area contributed by atoms with E-state index in [1.165, 1.54) is 0 Å². The number of amides is 1. The molecule has 6 heteroatoms. The highest BCUT2D eigenvalue weighted by Crippen LogP contribution is 2.04. The van der Waals surface area contributed by atoms with Crippen molar-refractivity contribution in [3.63, 3.8) is 0 Å². The van der Waals surface area contributed by atoms with Crippen LogP contribution in [-0.4, -0.2) is 29.6 Å². The van der Waals surface area contributed by atoms with Gasteiger partial charge in [-0.1, -0.05) is 13.8 Å². The first-order chi connectivity index (χ1) is 5.97. The van der Waals surface area contributed by atoms with Gasteiger partial charge < -0.3 is 16.2 Å². The Balaban J connectivity index is 0. The van der Waals surface area contributed by atoms with Crippen LogP contribution in [0.2, 0.25) is 0 Å². The number of carboxylic acid groups (broad SMARTS) is 1. The largest absolute Gasteiger partial charge is 0.480 e. The highest BCUT2D eigenvalue weighted by atomic mass is 35.5. The number of hydrogen-bond donors (Lipinski definition) is 3. The van der Waals surface area contributed by atoms with Crippen LogP contribution >= 0.6 is 12.4 Å². The van der Waals surface area contributed by atoms with Crippen molar-refractivity contribution in [2.75, 3.05) is 6.54 Å². The predicted molar refractivity (Wildman–Crippen MR) is 55.3 cm³/mol. The Hall–Kier alpha value is -0.810. The Morgan fingerprint density at radius 2 is 1.93 bits per heavy atom. The molecule has 0 aromatic heterocycles. The van der Waals surface area contributed by atoms with E-state index < -0.39 is 17.9 Å². The maximum absolute atomic E-state index is 10.8. The van der Waals surface area contributed by atoms with Gasteiger partial charge in [0.2, 0.25) is 5.91 Å². The number of carbonyl (C=O) groups is 2. The Morgan fingerprint density at radius 1 is 1.43 bits per heavy atom. The van der Waals surface area contributed by atoms with Gasteiger partial charge in [0.25, 0.3) is 0 Å². The molecule has 84 valence electrons. The Morgan fingerprint density at radius 3 is 2.21 bits per heavy atom. The molecule has 0 rings (SSSR count). The predicted octanol–water partition coefficient (Wildman–Crippen LogP) is -0.0176. The first kappa shape index (κ1) is 15.7. The van der Waals surface area contributed by atoms with E-state index in [1.807, 2.05) is 13.8 Å². The number of nitrogens with two attached hydrogens (primary N) is 1. The van der Waals surface area contributed by atoms with E-state index in [2.05, 4.69) is 5.32 Å². The molecule has 1 atom stereocenters. The van der Waals surface area contributed by atoms with Crippen LogP contribution in [0.15, 0.2) is 0 Å². The summed E-state index contributed by atoms with van der Waals surface area (Å²) >= 11 is 0. The molecule has 14 heavy (non-hydrogen) atoms. The molecule has 0 saturated carbocycles. The molecule has 0 spiro atoms. The van der Waals surface area contributed by atoms with Crippen LogP contribution in [-0.2, 0) is 9.59 Å². The van der Waals surface area contributed by atoms with Gasteiger partial charge in [0.1, 0.15) is 6.04 Å².